The Morgan fingerprint density at radius 3 is 2.45 bits per heavy atom. The molecule has 0 radical (unpaired) electrons. The summed E-state index contributed by atoms with van der Waals surface area (Å²) in [6, 6.07) is 10.4. The molecule has 0 aromatic heterocycles. The summed E-state index contributed by atoms with van der Waals surface area (Å²) in [5.74, 6) is 0. The molecule has 0 saturated carbocycles. The van der Waals surface area contributed by atoms with Gasteiger partial charge in [-0.05, 0) is 18.4 Å². The van der Waals surface area contributed by atoms with Gasteiger partial charge in [0.2, 0.25) is 0 Å². The number of rotatable bonds is 8. The predicted octanol–water partition coefficient (Wildman–Crippen LogP) is 2.64. The molecule has 1 heterocycles. The SMILES string of the molecule is C=CCCC(O)CN1CCN(C/C=C/c2ccccc2)CC1. The summed E-state index contributed by atoms with van der Waals surface area (Å²) in [5, 5.41) is 9.95. The summed E-state index contributed by atoms with van der Waals surface area (Å²) in [4.78, 5) is 4.83. The van der Waals surface area contributed by atoms with E-state index in [-0.39, 0.29) is 6.10 Å². The summed E-state index contributed by atoms with van der Waals surface area (Å²) in [5.41, 5.74) is 1.26. The third-order valence-corrected chi connectivity index (χ3v) is 4.11. The summed E-state index contributed by atoms with van der Waals surface area (Å²) in [6.07, 6.45) is 7.80. The molecule has 1 fully saturated rings. The maximum absolute atomic E-state index is 9.95. The number of nitrogens with zero attached hydrogens (tertiary/aromatic N) is 2. The lowest BCUT2D eigenvalue weighted by atomic mass is 10.1. The molecular weight excluding hydrogens is 272 g/mol. The second-order valence-corrected chi connectivity index (χ2v) is 5.93. The van der Waals surface area contributed by atoms with Crippen LogP contribution in [0.5, 0.6) is 0 Å². The van der Waals surface area contributed by atoms with Crippen LogP contribution in [0.25, 0.3) is 6.08 Å². The van der Waals surface area contributed by atoms with Crippen molar-refractivity contribution in [3.63, 3.8) is 0 Å². The molecule has 22 heavy (non-hydrogen) atoms. The lowest BCUT2D eigenvalue weighted by Gasteiger charge is -2.35. The second kappa shape index (κ2) is 9.57. The lowest BCUT2D eigenvalue weighted by Crippen LogP contribution is -2.48. The van der Waals surface area contributed by atoms with Crippen LogP contribution >= 0.6 is 0 Å². The van der Waals surface area contributed by atoms with Crippen molar-refractivity contribution in [2.75, 3.05) is 39.3 Å². The Labute approximate surface area is 134 Å². The van der Waals surface area contributed by atoms with Crippen LogP contribution < -0.4 is 0 Å². The number of β-amino-alcohol motifs (C(OH)–C–C–N with tert-alkyl or cyclic N) is 1. The molecule has 0 aliphatic carbocycles. The Hall–Kier alpha value is -1.42. The maximum atomic E-state index is 9.95. The van der Waals surface area contributed by atoms with Crippen LogP contribution in [0, 0.1) is 0 Å². The van der Waals surface area contributed by atoms with E-state index in [0.29, 0.717) is 0 Å². The van der Waals surface area contributed by atoms with Crippen LogP contribution in [-0.2, 0) is 0 Å². The average molecular weight is 300 g/mol. The topological polar surface area (TPSA) is 26.7 Å². The minimum atomic E-state index is -0.220. The molecule has 3 nitrogen and oxygen atoms in total. The molecule has 3 heteroatoms. The number of piperazine rings is 1. The highest BCUT2D eigenvalue weighted by molar-refractivity contribution is 5.48. The van der Waals surface area contributed by atoms with E-state index in [4.69, 9.17) is 0 Å². The van der Waals surface area contributed by atoms with Crippen molar-refractivity contribution in [2.45, 2.75) is 18.9 Å². The van der Waals surface area contributed by atoms with Gasteiger partial charge in [0.1, 0.15) is 0 Å². The van der Waals surface area contributed by atoms with Gasteiger partial charge in [-0.25, -0.2) is 0 Å². The Balaban J connectivity index is 1.64. The van der Waals surface area contributed by atoms with Crippen LogP contribution in [0.15, 0.2) is 49.1 Å². The minimum absolute atomic E-state index is 0.220. The third kappa shape index (κ3) is 6.14. The molecule has 1 saturated heterocycles. The number of hydrogen-bond acceptors (Lipinski definition) is 3. The fourth-order valence-corrected chi connectivity index (χ4v) is 2.76. The summed E-state index contributed by atoms with van der Waals surface area (Å²) >= 11 is 0. The highest BCUT2D eigenvalue weighted by Gasteiger charge is 2.17. The maximum Gasteiger partial charge on any atom is 0.0670 e. The number of aliphatic hydroxyl groups excluding tert-OH is 1. The van der Waals surface area contributed by atoms with Gasteiger partial charge in [0.15, 0.2) is 0 Å². The van der Waals surface area contributed by atoms with Crippen molar-refractivity contribution in [3.05, 3.63) is 54.6 Å². The van der Waals surface area contributed by atoms with Gasteiger partial charge in [0.25, 0.3) is 0 Å². The number of allylic oxidation sites excluding steroid dienone is 1. The molecule has 1 atom stereocenters. The van der Waals surface area contributed by atoms with E-state index in [1.807, 2.05) is 12.1 Å². The predicted molar refractivity (Wildman–Crippen MR) is 93.8 cm³/mol. The van der Waals surface area contributed by atoms with Crippen molar-refractivity contribution in [1.82, 2.24) is 9.80 Å². The van der Waals surface area contributed by atoms with Crippen molar-refractivity contribution in [3.8, 4) is 0 Å². The van der Waals surface area contributed by atoms with E-state index in [1.165, 1.54) is 5.56 Å². The quantitative estimate of drug-likeness (QED) is 0.748. The zero-order valence-corrected chi connectivity index (χ0v) is 13.4. The standard InChI is InChI=1S/C19H28N2O/c1-2-3-11-19(22)17-21-15-13-20(14-16-21)12-7-10-18-8-5-4-6-9-18/h2,4-10,19,22H,1,3,11-17H2/b10-7+. The smallest absolute Gasteiger partial charge is 0.0670 e. The molecule has 1 aromatic rings. The van der Waals surface area contributed by atoms with E-state index < -0.39 is 0 Å². The molecule has 0 bridgehead atoms. The van der Waals surface area contributed by atoms with Crippen molar-refractivity contribution in [2.24, 2.45) is 0 Å². The highest BCUT2D eigenvalue weighted by Crippen LogP contribution is 2.07. The Morgan fingerprint density at radius 1 is 1.09 bits per heavy atom. The van der Waals surface area contributed by atoms with E-state index in [1.54, 1.807) is 0 Å². The zero-order chi connectivity index (χ0) is 15.6. The minimum Gasteiger partial charge on any atom is -0.392 e. The van der Waals surface area contributed by atoms with Gasteiger partial charge in [-0.3, -0.25) is 9.80 Å². The van der Waals surface area contributed by atoms with E-state index in [9.17, 15) is 5.11 Å². The van der Waals surface area contributed by atoms with Crippen molar-refractivity contribution in [1.29, 1.82) is 0 Å². The summed E-state index contributed by atoms with van der Waals surface area (Å²) < 4.78 is 0. The van der Waals surface area contributed by atoms with Gasteiger partial charge < -0.3 is 5.11 Å². The summed E-state index contributed by atoms with van der Waals surface area (Å²) in [7, 11) is 0. The van der Waals surface area contributed by atoms with Crippen LogP contribution in [-0.4, -0.2) is 60.3 Å². The molecule has 1 aromatic carbocycles. The highest BCUT2D eigenvalue weighted by atomic mass is 16.3. The third-order valence-electron chi connectivity index (χ3n) is 4.11. The molecule has 0 spiro atoms. The molecule has 2 rings (SSSR count). The fraction of sp³-hybridized carbons (Fsp3) is 0.474. The first-order valence-corrected chi connectivity index (χ1v) is 8.23. The first-order valence-electron chi connectivity index (χ1n) is 8.23. The van der Waals surface area contributed by atoms with Crippen LogP contribution in [0.2, 0.25) is 0 Å². The Morgan fingerprint density at radius 2 is 1.77 bits per heavy atom. The zero-order valence-electron chi connectivity index (χ0n) is 13.4. The summed E-state index contributed by atoms with van der Waals surface area (Å²) in [6.45, 7) is 9.74. The molecule has 1 aliphatic heterocycles. The molecule has 120 valence electrons. The lowest BCUT2D eigenvalue weighted by molar-refractivity contribution is 0.0727. The van der Waals surface area contributed by atoms with Gasteiger partial charge >= 0.3 is 0 Å². The van der Waals surface area contributed by atoms with E-state index >= 15 is 0 Å². The van der Waals surface area contributed by atoms with Crippen LogP contribution in [0.4, 0.5) is 0 Å². The van der Waals surface area contributed by atoms with Gasteiger partial charge in [-0.15, -0.1) is 6.58 Å². The van der Waals surface area contributed by atoms with Crippen LogP contribution in [0.3, 0.4) is 0 Å². The fourth-order valence-electron chi connectivity index (χ4n) is 2.76. The molecule has 0 amide bonds. The average Bonchev–Trinajstić information content (AvgIpc) is 2.55. The van der Waals surface area contributed by atoms with Gasteiger partial charge in [-0.1, -0.05) is 48.6 Å². The molecule has 1 aliphatic rings. The van der Waals surface area contributed by atoms with Gasteiger partial charge in [-0.2, -0.15) is 0 Å². The van der Waals surface area contributed by atoms with Crippen molar-refractivity contribution < 1.29 is 5.11 Å². The van der Waals surface area contributed by atoms with Crippen molar-refractivity contribution >= 4 is 6.08 Å². The molecule has 1 N–H and O–H groups in total. The largest absolute Gasteiger partial charge is 0.392 e. The first kappa shape index (κ1) is 16.9. The Bertz CT molecular complexity index is 450. The first-order chi connectivity index (χ1) is 10.8. The van der Waals surface area contributed by atoms with E-state index in [0.717, 1.165) is 52.1 Å². The van der Waals surface area contributed by atoms with Gasteiger partial charge in [0.05, 0.1) is 6.10 Å². The normalized spacial score (nSPS) is 18.6. The van der Waals surface area contributed by atoms with E-state index in [2.05, 4.69) is 52.8 Å². The second-order valence-electron chi connectivity index (χ2n) is 5.93. The monoisotopic (exact) mass is 300 g/mol. The Kier molecular flexibility index (Phi) is 7.37. The molecular formula is C19H28N2O. The molecule has 1 unspecified atom stereocenters. The van der Waals surface area contributed by atoms with Gasteiger partial charge in [0, 0.05) is 39.3 Å². The number of hydrogen-bond donors (Lipinski definition) is 1. The van der Waals surface area contributed by atoms with Crippen LogP contribution in [0.1, 0.15) is 18.4 Å². The number of benzene rings is 1. The number of aliphatic hydroxyl groups is 1.